The minimum Gasteiger partial charge on any atom is -0.336 e. The van der Waals surface area contributed by atoms with Crippen molar-refractivity contribution in [2.75, 3.05) is 11.4 Å². The molecule has 0 radical (unpaired) electrons. The van der Waals surface area contributed by atoms with Crippen LogP contribution < -0.4 is 10.5 Å². The number of aryl methyl sites for hydroxylation is 1. The summed E-state index contributed by atoms with van der Waals surface area (Å²) in [5, 5.41) is 0.276. The molecule has 1 aliphatic carbocycles. The molecule has 10 heteroatoms. The van der Waals surface area contributed by atoms with Gasteiger partial charge in [0.1, 0.15) is 28.7 Å². The molecule has 1 aromatic carbocycles. The first-order chi connectivity index (χ1) is 16.4. The molecule has 8 nitrogen and oxygen atoms in total. The van der Waals surface area contributed by atoms with Gasteiger partial charge in [0.2, 0.25) is 5.95 Å². The van der Waals surface area contributed by atoms with E-state index in [0.717, 1.165) is 29.9 Å². The van der Waals surface area contributed by atoms with E-state index in [-0.39, 0.29) is 32.9 Å². The van der Waals surface area contributed by atoms with Gasteiger partial charge in [-0.1, -0.05) is 11.6 Å². The van der Waals surface area contributed by atoms with E-state index in [1.54, 1.807) is 26.1 Å². The second kappa shape index (κ2) is 7.80. The van der Waals surface area contributed by atoms with Crippen LogP contribution in [0.5, 0.6) is 0 Å². The Morgan fingerprint density at radius 2 is 1.94 bits per heavy atom. The summed E-state index contributed by atoms with van der Waals surface area (Å²) in [5.74, 6) is 1.72. The summed E-state index contributed by atoms with van der Waals surface area (Å²) >= 11 is 5.97. The Bertz CT molecular complexity index is 1530. The van der Waals surface area contributed by atoms with Gasteiger partial charge in [-0.25, -0.2) is 29.3 Å². The first-order valence-electron chi connectivity index (χ1n) is 11.2. The molecule has 0 saturated heterocycles. The average Bonchev–Trinajstić information content (AvgIpc) is 3.67. The van der Waals surface area contributed by atoms with Gasteiger partial charge in [-0.2, -0.15) is 0 Å². The lowest BCUT2D eigenvalue weighted by Crippen LogP contribution is -2.33. The summed E-state index contributed by atoms with van der Waals surface area (Å²) in [7, 11) is 1.64. The third-order valence-electron chi connectivity index (χ3n) is 6.50. The van der Waals surface area contributed by atoms with Crippen LogP contribution in [0.3, 0.4) is 0 Å². The van der Waals surface area contributed by atoms with Crippen LogP contribution in [0.2, 0.25) is 5.02 Å². The van der Waals surface area contributed by atoms with Crippen LogP contribution in [0.4, 0.5) is 10.3 Å². The third kappa shape index (κ3) is 3.51. The van der Waals surface area contributed by atoms with Gasteiger partial charge in [0.25, 0.3) is 5.56 Å². The topological polar surface area (TPSA) is 89.7 Å². The summed E-state index contributed by atoms with van der Waals surface area (Å²) in [6, 6.07) is 4.37. The standard InChI is InChI=1S/C24H21ClFN7O/c1-12-28-20-19(16-6-5-15(25)9-17(16)26)30-24(31-21(20)23(34)32(12)2)33-8-7-18-14(11-33)10-27-22(29-18)13-3-4-13/h5-6,9-10,13H,3-4,7-8,11H2,1-2H3. The summed E-state index contributed by atoms with van der Waals surface area (Å²) in [6.07, 6.45) is 4.91. The quantitative estimate of drug-likeness (QED) is 0.444. The van der Waals surface area contributed by atoms with Crippen LogP contribution in [-0.2, 0) is 20.0 Å². The largest absolute Gasteiger partial charge is 0.336 e. The molecule has 0 N–H and O–H groups in total. The van der Waals surface area contributed by atoms with E-state index in [1.807, 2.05) is 11.1 Å². The Morgan fingerprint density at radius 1 is 1.12 bits per heavy atom. The maximum absolute atomic E-state index is 14.9. The van der Waals surface area contributed by atoms with Crippen molar-refractivity contribution in [1.82, 2.24) is 29.5 Å². The van der Waals surface area contributed by atoms with Crippen LogP contribution in [-0.4, -0.2) is 36.0 Å². The van der Waals surface area contributed by atoms with Crippen molar-refractivity contribution in [3.05, 3.63) is 68.5 Å². The van der Waals surface area contributed by atoms with E-state index in [4.69, 9.17) is 21.6 Å². The van der Waals surface area contributed by atoms with E-state index >= 15 is 0 Å². The number of hydrogen-bond acceptors (Lipinski definition) is 7. The molecule has 34 heavy (non-hydrogen) atoms. The van der Waals surface area contributed by atoms with Crippen LogP contribution in [0.25, 0.3) is 22.3 Å². The molecule has 0 bridgehead atoms. The minimum absolute atomic E-state index is 0.147. The number of benzene rings is 1. The summed E-state index contributed by atoms with van der Waals surface area (Å²) in [4.78, 5) is 38.2. The second-order valence-electron chi connectivity index (χ2n) is 8.86. The lowest BCUT2D eigenvalue weighted by molar-refractivity contribution is 0.630. The van der Waals surface area contributed by atoms with Gasteiger partial charge in [0, 0.05) is 54.8 Å². The van der Waals surface area contributed by atoms with E-state index in [1.165, 1.54) is 10.6 Å². The van der Waals surface area contributed by atoms with Crippen molar-refractivity contribution in [2.24, 2.45) is 7.05 Å². The van der Waals surface area contributed by atoms with Crippen LogP contribution in [0, 0.1) is 12.7 Å². The van der Waals surface area contributed by atoms with E-state index < -0.39 is 5.82 Å². The molecule has 0 spiro atoms. The first-order valence-corrected chi connectivity index (χ1v) is 11.6. The Morgan fingerprint density at radius 3 is 2.71 bits per heavy atom. The number of fused-ring (bicyclic) bond motifs is 2. The smallest absolute Gasteiger partial charge is 0.279 e. The van der Waals surface area contributed by atoms with Crippen LogP contribution >= 0.6 is 11.6 Å². The fourth-order valence-electron chi connectivity index (χ4n) is 4.29. The first kappa shape index (κ1) is 21.1. The zero-order chi connectivity index (χ0) is 23.6. The van der Waals surface area contributed by atoms with Crippen molar-refractivity contribution >= 4 is 28.6 Å². The zero-order valence-corrected chi connectivity index (χ0v) is 19.5. The monoisotopic (exact) mass is 477 g/mol. The number of anilines is 1. The lowest BCUT2D eigenvalue weighted by atomic mass is 10.1. The van der Waals surface area contributed by atoms with E-state index in [9.17, 15) is 9.18 Å². The molecular formula is C24H21ClFN7O. The highest BCUT2D eigenvalue weighted by molar-refractivity contribution is 6.30. The van der Waals surface area contributed by atoms with E-state index in [2.05, 4.69) is 15.0 Å². The minimum atomic E-state index is -0.538. The molecule has 1 aliphatic heterocycles. The lowest BCUT2D eigenvalue weighted by Gasteiger charge is -2.28. The highest BCUT2D eigenvalue weighted by atomic mass is 35.5. The highest BCUT2D eigenvalue weighted by Gasteiger charge is 2.29. The fourth-order valence-corrected chi connectivity index (χ4v) is 4.45. The molecular weight excluding hydrogens is 457 g/mol. The number of nitrogens with zero attached hydrogens (tertiary/aromatic N) is 7. The highest BCUT2D eigenvalue weighted by Crippen LogP contribution is 2.38. The summed E-state index contributed by atoms with van der Waals surface area (Å²) in [5.41, 5.74) is 2.64. The van der Waals surface area contributed by atoms with Gasteiger partial charge in [0.05, 0.1) is 5.69 Å². The zero-order valence-electron chi connectivity index (χ0n) is 18.7. The number of aromatic nitrogens is 6. The molecule has 1 fully saturated rings. The third-order valence-corrected chi connectivity index (χ3v) is 6.74. The maximum Gasteiger partial charge on any atom is 0.279 e. The molecule has 172 valence electrons. The van der Waals surface area contributed by atoms with Crippen molar-refractivity contribution in [2.45, 2.75) is 38.6 Å². The van der Waals surface area contributed by atoms with Crippen molar-refractivity contribution < 1.29 is 4.39 Å². The van der Waals surface area contributed by atoms with Gasteiger partial charge < -0.3 is 4.90 Å². The van der Waals surface area contributed by atoms with Gasteiger partial charge in [-0.3, -0.25) is 9.36 Å². The summed E-state index contributed by atoms with van der Waals surface area (Å²) < 4.78 is 16.4. The van der Waals surface area contributed by atoms with Crippen molar-refractivity contribution in [1.29, 1.82) is 0 Å². The van der Waals surface area contributed by atoms with Gasteiger partial charge in [-0.05, 0) is 38.0 Å². The van der Waals surface area contributed by atoms with Crippen molar-refractivity contribution in [3.63, 3.8) is 0 Å². The van der Waals surface area contributed by atoms with Gasteiger partial charge in [0.15, 0.2) is 5.52 Å². The van der Waals surface area contributed by atoms with Gasteiger partial charge >= 0.3 is 0 Å². The summed E-state index contributed by atoms with van der Waals surface area (Å²) in [6.45, 7) is 2.85. The molecule has 2 aliphatic rings. The fraction of sp³-hybridized carbons (Fsp3) is 0.333. The average molecular weight is 478 g/mol. The molecule has 0 unspecified atom stereocenters. The molecule has 3 aromatic heterocycles. The SMILES string of the molecule is Cc1nc2c(-c3ccc(Cl)cc3F)nc(N3CCc4nc(C5CC5)ncc4C3)nc2c(=O)n1C. The second-order valence-corrected chi connectivity index (χ2v) is 9.30. The van der Waals surface area contributed by atoms with Gasteiger partial charge in [-0.15, -0.1) is 0 Å². The number of rotatable bonds is 3. The predicted molar refractivity (Wildman–Crippen MR) is 126 cm³/mol. The molecule has 0 atom stereocenters. The molecule has 1 saturated carbocycles. The molecule has 6 rings (SSSR count). The molecule has 4 aromatic rings. The molecule has 4 heterocycles. The van der Waals surface area contributed by atoms with Crippen LogP contribution in [0.1, 0.15) is 41.7 Å². The van der Waals surface area contributed by atoms with Crippen LogP contribution in [0.15, 0.2) is 29.2 Å². The Labute approximate surface area is 199 Å². The van der Waals surface area contributed by atoms with Crippen molar-refractivity contribution in [3.8, 4) is 11.3 Å². The number of hydrogen-bond donors (Lipinski definition) is 0. The van der Waals surface area contributed by atoms with E-state index in [0.29, 0.717) is 37.2 Å². The predicted octanol–water partition coefficient (Wildman–Crippen LogP) is 3.72. The molecule has 0 amide bonds. The maximum atomic E-state index is 14.9. The Kier molecular flexibility index (Phi) is 4.84. The Hall–Kier alpha value is -3.46. The number of halogens is 2. The Balaban J connectivity index is 1.49. The normalized spacial score (nSPS) is 15.6.